The Morgan fingerprint density at radius 2 is 0.932 bits per heavy atom. The molecule has 3 heterocycles. The number of carbonyl (C=O) groups excluding carboxylic acids is 1. The predicted octanol–water partition coefficient (Wildman–Crippen LogP) is 10.5. The summed E-state index contributed by atoms with van der Waals surface area (Å²) >= 11 is 0. The van der Waals surface area contributed by atoms with Gasteiger partial charge in [0.05, 0.1) is 40.6 Å². The smallest absolute Gasteiger partial charge is 0.170 e. The predicted molar refractivity (Wildman–Crippen MR) is 248 cm³/mol. The molecule has 3 aliphatic rings. The van der Waals surface area contributed by atoms with E-state index in [1.165, 1.54) is 44.0 Å². The van der Waals surface area contributed by atoms with Gasteiger partial charge in [0, 0.05) is 36.8 Å². The van der Waals surface area contributed by atoms with Gasteiger partial charge in [0.15, 0.2) is 5.79 Å². The molecule has 0 atom stereocenters. The highest BCUT2D eigenvalue weighted by molar-refractivity contribution is 7.69. The van der Waals surface area contributed by atoms with Gasteiger partial charge in [-0.05, 0) is 79.5 Å². The van der Waals surface area contributed by atoms with Gasteiger partial charge in [0.25, 0.3) is 0 Å². The van der Waals surface area contributed by atoms with Crippen LogP contribution in [0.25, 0.3) is 22.3 Å². The highest BCUT2D eigenvalue weighted by atomic mass is 31.1. The first kappa shape index (κ1) is 46.9. The molecule has 0 saturated carbocycles. The summed E-state index contributed by atoms with van der Waals surface area (Å²) in [5.74, 6) is 1.83. The molecule has 0 unspecified atom stereocenters. The standard InChI is InChI=1S/C25H33O3P.C23H29O2P.C2H6O2/c1-18-10-9-12-20(26-6)22(18)19-11-7-8-13-21(19)29-23(2,3)16-25(17-24(29,4)5)27-14-15-28-25;1-16-10-9-12-19(25-6)21(16)18-11-7-8-13-20(18)26-22(2,3)14-17(24)15-23(26,4)5;3-1-2-4/h7-13H,14-17H2,1-6H3;7-13H,14-15H2,1-6H3;3-4H,1-2H2. The number of aliphatic hydroxyl groups is 2. The molecule has 4 aromatic rings. The van der Waals surface area contributed by atoms with E-state index >= 15 is 0 Å². The van der Waals surface area contributed by atoms with Gasteiger partial charge in [-0.2, -0.15) is 0 Å². The van der Waals surface area contributed by atoms with Crippen LogP contribution in [0.1, 0.15) is 92.2 Å². The summed E-state index contributed by atoms with van der Waals surface area (Å²) < 4.78 is 23.8. The monoisotopic (exact) mass is 842 g/mol. The third-order valence-electron chi connectivity index (χ3n) is 11.7. The Balaban J connectivity index is 0.000000207. The number of aliphatic hydroxyl groups excluding tert-OH is 2. The molecule has 7 rings (SSSR count). The van der Waals surface area contributed by atoms with E-state index in [-0.39, 0.29) is 33.8 Å². The molecular weight excluding hydrogens is 774 g/mol. The number of hydrogen-bond donors (Lipinski definition) is 2. The van der Waals surface area contributed by atoms with Gasteiger partial charge in [-0.25, -0.2) is 0 Å². The number of Topliss-reactive ketones (excluding diaryl/α,β-unsaturated/α-hetero) is 1. The summed E-state index contributed by atoms with van der Waals surface area (Å²) in [6.45, 7) is 24.2. The zero-order valence-corrected chi connectivity index (χ0v) is 39.4. The molecule has 9 heteroatoms. The molecule has 4 aromatic carbocycles. The van der Waals surface area contributed by atoms with Gasteiger partial charge in [-0.15, -0.1) is 0 Å². The molecule has 0 bridgehead atoms. The maximum absolute atomic E-state index is 12.4. The van der Waals surface area contributed by atoms with E-state index in [0.717, 1.165) is 24.3 Å². The van der Waals surface area contributed by atoms with Crippen molar-refractivity contribution in [2.75, 3.05) is 40.6 Å². The van der Waals surface area contributed by atoms with Crippen LogP contribution in [0.4, 0.5) is 0 Å². The Kier molecular flexibility index (Phi) is 15.0. The minimum Gasteiger partial charge on any atom is -0.496 e. The van der Waals surface area contributed by atoms with Crippen LogP contribution in [0.5, 0.6) is 11.5 Å². The minimum absolute atomic E-state index is 0.0137. The lowest BCUT2D eigenvalue weighted by atomic mass is 9.91. The SMILES string of the molecule is COc1cccc(C)c1-c1ccccc1P1C(C)(C)CC(=O)CC1(C)C.COc1cccc(C)c1-c1ccccc1P1C(C)(C)CC2(CC1(C)C)OCCO2.OCCO. The van der Waals surface area contributed by atoms with Crippen LogP contribution in [0, 0.1) is 13.8 Å². The normalized spacial score (nSPS) is 20.2. The zero-order valence-electron chi connectivity index (χ0n) is 37.6. The number of methoxy groups -OCH3 is 2. The van der Waals surface area contributed by atoms with Gasteiger partial charge in [0.1, 0.15) is 17.3 Å². The zero-order chi connectivity index (χ0) is 43.4. The van der Waals surface area contributed by atoms with E-state index < -0.39 is 21.6 Å². The molecule has 3 fully saturated rings. The quantitative estimate of drug-likeness (QED) is 0.179. The molecule has 3 aliphatic heterocycles. The Hall–Kier alpha value is -3.15. The van der Waals surface area contributed by atoms with Crippen LogP contribution in [-0.2, 0) is 14.3 Å². The molecule has 0 aromatic heterocycles. The fourth-order valence-corrected chi connectivity index (χ4v) is 19.1. The molecule has 59 heavy (non-hydrogen) atoms. The molecule has 7 nitrogen and oxygen atoms in total. The van der Waals surface area contributed by atoms with Gasteiger partial charge in [0.2, 0.25) is 0 Å². The van der Waals surface area contributed by atoms with Crippen LogP contribution >= 0.6 is 15.8 Å². The molecule has 320 valence electrons. The van der Waals surface area contributed by atoms with E-state index in [0.29, 0.717) is 31.8 Å². The molecule has 3 saturated heterocycles. The van der Waals surface area contributed by atoms with Crippen molar-refractivity contribution in [3.05, 3.63) is 96.1 Å². The fraction of sp³-hybridized carbons (Fsp3) is 0.500. The van der Waals surface area contributed by atoms with Gasteiger partial charge < -0.3 is 29.2 Å². The topological polar surface area (TPSA) is 94.5 Å². The maximum Gasteiger partial charge on any atom is 0.170 e. The molecule has 0 radical (unpaired) electrons. The number of ketones is 1. The third-order valence-corrected chi connectivity index (χ3v) is 19.0. The van der Waals surface area contributed by atoms with Gasteiger partial charge in [-0.3, -0.25) is 4.79 Å². The number of benzene rings is 4. The second-order valence-corrected chi connectivity index (χ2v) is 25.7. The number of ether oxygens (including phenoxy) is 4. The molecular formula is C50H68O7P2. The lowest BCUT2D eigenvalue weighted by Crippen LogP contribution is -2.52. The first-order chi connectivity index (χ1) is 27.8. The highest BCUT2D eigenvalue weighted by Crippen LogP contribution is 2.69. The second kappa shape index (κ2) is 18.9. The number of hydrogen-bond acceptors (Lipinski definition) is 7. The fourth-order valence-electron chi connectivity index (χ4n) is 10.4. The lowest BCUT2D eigenvalue weighted by Gasteiger charge is -2.55. The van der Waals surface area contributed by atoms with Crippen molar-refractivity contribution in [1.29, 1.82) is 0 Å². The molecule has 0 aliphatic carbocycles. The Morgan fingerprint density at radius 1 is 0.559 bits per heavy atom. The van der Waals surface area contributed by atoms with Gasteiger partial charge >= 0.3 is 0 Å². The summed E-state index contributed by atoms with van der Waals surface area (Å²) in [4.78, 5) is 12.4. The largest absolute Gasteiger partial charge is 0.496 e. The summed E-state index contributed by atoms with van der Waals surface area (Å²) in [5.41, 5.74) is 7.42. The van der Waals surface area contributed by atoms with Gasteiger partial charge in [-0.1, -0.05) is 144 Å². The number of carbonyl (C=O) groups is 1. The Labute approximate surface area is 356 Å². The van der Waals surface area contributed by atoms with Crippen LogP contribution in [0.2, 0.25) is 0 Å². The average molecular weight is 843 g/mol. The third kappa shape index (κ3) is 10.2. The van der Waals surface area contributed by atoms with E-state index in [2.05, 4.69) is 142 Å². The second-order valence-electron chi connectivity index (χ2n) is 18.6. The van der Waals surface area contributed by atoms with E-state index in [4.69, 9.17) is 29.2 Å². The van der Waals surface area contributed by atoms with Crippen molar-refractivity contribution in [3.8, 4) is 33.8 Å². The van der Waals surface area contributed by atoms with Crippen molar-refractivity contribution < 1.29 is 34.0 Å². The first-order valence-electron chi connectivity index (χ1n) is 20.9. The maximum atomic E-state index is 12.4. The molecule has 1 spiro atoms. The van der Waals surface area contributed by atoms with Crippen LogP contribution in [-0.4, -0.2) is 83.1 Å². The Bertz CT molecular complexity index is 2020. The summed E-state index contributed by atoms with van der Waals surface area (Å²) in [6, 6.07) is 30.2. The number of rotatable bonds is 7. The van der Waals surface area contributed by atoms with E-state index in [1.807, 2.05) is 12.1 Å². The number of aryl methyl sites for hydroxylation is 2. The minimum atomic E-state index is -0.531. The van der Waals surface area contributed by atoms with Crippen LogP contribution in [0.15, 0.2) is 84.9 Å². The van der Waals surface area contributed by atoms with Crippen molar-refractivity contribution in [2.45, 2.75) is 121 Å². The summed E-state index contributed by atoms with van der Waals surface area (Å²) in [6.07, 6.45) is 3.21. The molecule has 0 amide bonds. The van der Waals surface area contributed by atoms with Crippen molar-refractivity contribution >= 4 is 32.2 Å². The highest BCUT2D eigenvalue weighted by Gasteiger charge is 2.57. The summed E-state index contributed by atoms with van der Waals surface area (Å²) in [5, 5.41) is 18.2. The van der Waals surface area contributed by atoms with Crippen molar-refractivity contribution in [3.63, 3.8) is 0 Å². The first-order valence-corrected chi connectivity index (χ1v) is 23.5. The van der Waals surface area contributed by atoms with Crippen molar-refractivity contribution in [2.24, 2.45) is 0 Å². The average Bonchev–Trinajstić information content (AvgIpc) is 3.59. The van der Waals surface area contributed by atoms with E-state index in [1.54, 1.807) is 14.2 Å². The van der Waals surface area contributed by atoms with Crippen LogP contribution < -0.4 is 20.1 Å². The lowest BCUT2D eigenvalue weighted by molar-refractivity contribution is -0.178. The molecule has 2 N–H and O–H groups in total. The van der Waals surface area contributed by atoms with E-state index in [9.17, 15) is 4.79 Å². The Morgan fingerprint density at radius 3 is 1.31 bits per heavy atom. The van der Waals surface area contributed by atoms with Crippen LogP contribution in [0.3, 0.4) is 0 Å². The van der Waals surface area contributed by atoms with Crippen molar-refractivity contribution in [1.82, 2.24) is 0 Å². The summed E-state index contributed by atoms with van der Waals surface area (Å²) in [7, 11) is 2.48.